The molecule has 13 nitrogen and oxygen atoms in total. The zero-order chi connectivity index (χ0) is 25.0. The lowest BCUT2D eigenvalue weighted by Gasteiger charge is -2.24. The standard InChI is InChI=1S/C18H30N4O9S/c1-8(2)5-9(19)15(27)22-12(7-32)17(29)21-11(6-14(25)26)16(28)20-10(18(30)31)3-4-13(23)24/h8-12,32H,3-7,19H2,1-2H3,(H,20,28)(H,21,29)(H,22,27)(H,23,24)(H,25,26)(H,30,31). The predicted octanol–water partition coefficient (Wildman–Crippen LogP) is -1.83. The minimum atomic E-state index is -1.68. The molecule has 8 N–H and O–H groups in total. The van der Waals surface area contributed by atoms with E-state index in [0.29, 0.717) is 6.42 Å². The highest BCUT2D eigenvalue weighted by Crippen LogP contribution is 2.05. The Kier molecular flexibility index (Phi) is 13.0. The van der Waals surface area contributed by atoms with E-state index in [0.717, 1.165) is 0 Å². The Morgan fingerprint density at radius 2 is 1.31 bits per heavy atom. The van der Waals surface area contributed by atoms with Crippen molar-refractivity contribution in [2.75, 3.05) is 5.75 Å². The Morgan fingerprint density at radius 3 is 1.75 bits per heavy atom. The highest BCUT2D eigenvalue weighted by Gasteiger charge is 2.31. The van der Waals surface area contributed by atoms with Gasteiger partial charge in [-0.1, -0.05) is 13.8 Å². The van der Waals surface area contributed by atoms with Crippen LogP contribution in [-0.2, 0) is 28.8 Å². The molecular formula is C18H30N4O9S. The van der Waals surface area contributed by atoms with E-state index < -0.39 is 79.1 Å². The first kappa shape index (κ1) is 29.1. The van der Waals surface area contributed by atoms with Crippen molar-refractivity contribution in [2.24, 2.45) is 11.7 Å². The SMILES string of the molecule is CC(C)CC(N)C(=O)NC(CS)C(=O)NC(CC(=O)O)C(=O)NC(CCC(=O)O)C(=O)O. The van der Waals surface area contributed by atoms with Crippen LogP contribution in [0.1, 0.15) is 39.5 Å². The van der Waals surface area contributed by atoms with E-state index in [9.17, 15) is 28.8 Å². The Hall–Kier alpha value is -2.87. The van der Waals surface area contributed by atoms with Crippen molar-refractivity contribution in [3.8, 4) is 0 Å². The molecule has 0 saturated heterocycles. The van der Waals surface area contributed by atoms with Crippen LogP contribution >= 0.6 is 12.6 Å². The summed E-state index contributed by atoms with van der Waals surface area (Å²) < 4.78 is 0. The molecule has 32 heavy (non-hydrogen) atoms. The van der Waals surface area contributed by atoms with Gasteiger partial charge in [0.2, 0.25) is 17.7 Å². The average Bonchev–Trinajstić information content (AvgIpc) is 2.66. The average molecular weight is 479 g/mol. The molecule has 0 radical (unpaired) electrons. The number of aliphatic carboxylic acids is 3. The molecule has 0 aromatic heterocycles. The number of hydrogen-bond acceptors (Lipinski definition) is 8. The number of carboxylic acids is 3. The van der Waals surface area contributed by atoms with Gasteiger partial charge in [0.25, 0.3) is 0 Å². The summed E-state index contributed by atoms with van der Waals surface area (Å²) in [5.74, 6) is -7.05. The number of nitrogens with one attached hydrogen (secondary N) is 3. The summed E-state index contributed by atoms with van der Waals surface area (Å²) in [4.78, 5) is 70.1. The van der Waals surface area contributed by atoms with Crippen LogP contribution in [0.3, 0.4) is 0 Å². The van der Waals surface area contributed by atoms with E-state index in [-0.39, 0.29) is 11.7 Å². The van der Waals surface area contributed by atoms with Gasteiger partial charge in [0, 0.05) is 12.2 Å². The summed E-state index contributed by atoms with van der Waals surface area (Å²) >= 11 is 3.97. The van der Waals surface area contributed by atoms with Crippen LogP contribution in [0, 0.1) is 5.92 Å². The number of carbonyl (C=O) groups is 6. The van der Waals surface area contributed by atoms with Gasteiger partial charge in [-0.25, -0.2) is 4.79 Å². The molecule has 0 aromatic carbocycles. The molecule has 0 spiro atoms. The Balaban J connectivity index is 5.28. The second-order valence-corrected chi connectivity index (χ2v) is 7.84. The van der Waals surface area contributed by atoms with Crippen molar-refractivity contribution < 1.29 is 44.1 Å². The highest BCUT2D eigenvalue weighted by atomic mass is 32.1. The fourth-order valence-corrected chi connectivity index (χ4v) is 2.80. The molecule has 0 fully saturated rings. The van der Waals surface area contributed by atoms with Crippen LogP contribution in [0.5, 0.6) is 0 Å². The fraction of sp³-hybridized carbons (Fsp3) is 0.667. The zero-order valence-electron chi connectivity index (χ0n) is 17.7. The first-order valence-electron chi connectivity index (χ1n) is 9.72. The summed E-state index contributed by atoms with van der Waals surface area (Å²) in [6.45, 7) is 3.71. The van der Waals surface area contributed by atoms with Crippen LogP contribution in [0.15, 0.2) is 0 Å². The Labute approximate surface area is 189 Å². The first-order valence-corrected chi connectivity index (χ1v) is 10.4. The number of nitrogens with two attached hydrogens (primary N) is 1. The third kappa shape index (κ3) is 11.5. The van der Waals surface area contributed by atoms with Gasteiger partial charge in [-0.2, -0.15) is 12.6 Å². The molecule has 14 heteroatoms. The van der Waals surface area contributed by atoms with Gasteiger partial charge in [0.05, 0.1) is 12.5 Å². The molecule has 0 rings (SSSR count). The molecule has 0 heterocycles. The largest absolute Gasteiger partial charge is 0.481 e. The summed E-state index contributed by atoms with van der Waals surface area (Å²) in [5, 5.41) is 33.4. The number of hydrogen-bond donors (Lipinski definition) is 8. The molecule has 0 aliphatic carbocycles. The third-order valence-corrected chi connectivity index (χ3v) is 4.52. The molecule has 182 valence electrons. The smallest absolute Gasteiger partial charge is 0.326 e. The minimum Gasteiger partial charge on any atom is -0.481 e. The van der Waals surface area contributed by atoms with E-state index in [1.165, 1.54) is 0 Å². The van der Waals surface area contributed by atoms with Crippen molar-refractivity contribution in [3.05, 3.63) is 0 Å². The highest BCUT2D eigenvalue weighted by molar-refractivity contribution is 7.80. The van der Waals surface area contributed by atoms with Gasteiger partial charge in [-0.3, -0.25) is 24.0 Å². The zero-order valence-corrected chi connectivity index (χ0v) is 18.6. The van der Waals surface area contributed by atoms with Crippen LogP contribution < -0.4 is 21.7 Å². The van der Waals surface area contributed by atoms with Crippen LogP contribution in [0.2, 0.25) is 0 Å². The lowest BCUT2D eigenvalue weighted by molar-refractivity contribution is -0.144. The summed E-state index contributed by atoms with van der Waals surface area (Å²) in [5.41, 5.74) is 5.76. The molecule has 0 saturated carbocycles. The minimum absolute atomic E-state index is 0.117. The Morgan fingerprint density at radius 1 is 0.812 bits per heavy atom. The molecule has 0 aliphatic heterocycles. The molecule has 4 atom stereocenters. The normalized spacial score (nSPS) is 14.5. The molecular weight excluding hydrogens is 448 g/mol. The van der Waals surface area contributed by atoms with Gasteiger partial charge in [0.1, 0.15) is 18.1 Å². The molecule has 0 bridgehead atoms. The van der Waals surface area contributed by atoms with Gasteiger partial charge in [-0.15, -0.1) is 0 Å². The summed E-state index contributed by atoms with van der Waals surface area (Å²) in [7, 11) is 0. The van der Waals surface area contributed by atoms with E-state index in [1.54, 1.807) is 0 Å². The fourth-order valence-electron chi connectivity index (χ4n) is 2.54. The first-order chi connectivity index (χ1) is 14.8. The quantitative estimate of drug-likeness (QED) is 0.123. The maximum absolute atomic E-state index is 12.5. The van der Waals surface area contributed by atoms with Crippen LogP contribution in [-0.4, -0.2) is 80.9 Å². The summed E-state index contributed by atoms with van der Waals surface area (Å²) in [6, 6.07) is -5.43. The van der Waals surface area contributed by atoms with Crippen molar-refractivity contribution in [1.29, 1.82) is 0 Å². The van der Waals surface area contributed by atoms with Crippen molar-refractivity contribution in [3.63, 3.8) is 0 Å². The number of thiol groups is 1. The topological polar surface area (TPSA) is 225 Å². The van der Waals surface area contributed by atoms with E-state index in [1.807, 2.05) is 19.2 Å². The van der Waals surface area contributed by atoms with Gasteiger partial charge in [0.15, 0.2) is 0 Å². The van der Waals surface area contributed by atoms with E-state index in [2.05, 4.69) is 23.3 Å². The molecule has 4 unspecified atom stereocenters. The van der Waals surface area contributed by atoms with Gasteiger partial charge >= 0.3 is 17.9 Å². The van der Waals surface area contributed by atoms with E-state index >= 15 is 0 Å². The van der Waals surface area contributed by atoms with Gasteiger partial charge < -0.3 is 37.0 Å². The maximum atomic E-state index is 12.5. The monoisotopic (exact) mass is 478 g/mol. The second-order valence-electron chi connectivity index (χ2n) is 7.47. The van der Waals surface area contributed by atoms with E-state index in [4.69, 9.17) is 21.1 Å². The molecule has 0 aromatic rings. The number of carboxylic acid groups (broad SMARTS) is 3. The van der Waals surface area contributed by atoms with Crippen molar-refractivity contribution >= 4 is 48.3 Å². The second kappa shape index (κ2) is 14.2. The van der Waals surface area contributed by atoms with Crippen LogP contribution in [0.25, 0.3) is 0 Å². The molecule has 3 amide bonds. The Bertz CT molecular complexity index is 717. The summed E-state index contributed by atoms with van der Waals surface area (Å²) in [6.07, 6.45) is -1.54. The molecule has 0 aliphatic rings. The van der Waals surface area contributed by atoms with Gasteiger partial charge in [-0.05, 0) is 18.8 Å². The van der Waals surface area contributed by atoms with Crippen LogP contribution in [0.4, 0.5) is 0 Å². The number of carbonyl (C=O) groups excluding carboxylic acids is 3. The predicted molar refractivity (Wildman–Crippen MR) is 114 cm³/mol. The number of amides is 3. The van der Waals surface area contributed by atoms with Crippen molar-refractivity contribution in [1.82, 2.24) is 16.0 Å². The lowest BCUT2D eigenvalue weighted by atomic mass is 10.0. The lowest BCUT2D eigenvalue weighted by Crippen LogP contribution is -2.58. The number of rotatable bonds is 15. The maximum Gasteiger partial charge on any atom is 0.326 e. The third-order valence-electron chi connectivity index (χ3n) is 4.15. The van der Waals surface area contributed by atoms with Crippen molar-refractivity contribution in [2.45, 2.75) is 63.7 Å².